The van der Waals surface area contributed by atoms with Gasteiger partial charge in [0.15, 0.2) is 5.78 Å². The summed E-state index contributed by atoms with van der Waals surface area (Å²) in [5.74, 6) is 0.403. The summed E-state index contributed by atoms with van der Waals surface area (Å²) < 4.78 is 0. The summed E-state index contributed by atoms with van der Waals surface area (Å²) >= 11 is 1.94. The highest BCUT2D eigenvalue weighted by atomic mass is 32.2. The third-order valence-corrected chi connectivity index (χ3v) is 6.25. The van der Waals surface area contributed by atoms with Gasteiger partial charge in [-0.25, -0.2) is 0 Å². The van der Waals surface area contributed by atoms with E-state index < -0.39 is 0 Å². The number of hydrogen-bond donors (Lipinski definition) is 0. The van der Waals surface area contributed by atoms with Crippen molar-refractivity contribution in [2.75, 3.05) is 6.26 Å². The Hall–Kier alpha value is -1.29. The topological polar surface area (TPSA) is 37.4 Å². The van der Waals surface area contributed by atoms with Crippen LogP contribution in [-0.4, -0.2) is 40.2 Å². The van der Waals surface area contributed by atoms with Gasteiger partial charge in [-0.1, -0.05) is 30.3 Å². The minimum absolute atomic E-state index is 0.141. The van der Waals surface area contributed by atoms with Gasteiger partial charge in [-0.2, -0.15) is 11.8 Å². The van der Waals surface area contributed by atoms with E-state index in [2.05, 4.69) is 11.2 Å². The fourth-order valence-electron chi connectivity index (χ4n) is 4.02. The van der Waals surface area contributed by atoms with Gasteiger partial charge in [0.2, 0.25) is 5.91 Å². The van der Waals surface area contributed by atoms with E-state index in [1.165, 1.54) is 0 Å². The van der Waals surface area contributed by atoms with Crippen molar-refractivity contribution >= 4 is 23.5 Å². The monoisotopic (exact) mass is 331 g/mol. The van der Waals surface area contributed by atoms with Crippen LogP contribution in [0.5, 0.6) is 0 Å². The van der Waals surface area contributed by atoms with Crippen LogP contribution in [0.4, 0.5) is 0 Å². The smallest absolute Gasteiger partial charge is 0.223 e. The number of fused-ring (bicyclic) bond motifs is 2. The molecule has 2 aliphatic heterocycles. The predicted octanol–water partition coefficient (Wildman–Crippen LogP) is 3.92. The van der Waals surface area contributed by atoms with Crippen molar-refractivity contribution in [1.29, 1.82) is 0 Å². The van der Waals surface area contributed by atoms with E-state index >= 15 is 0 Å². The van der Waals surface area contributed by atoms with Gasteiger partial charge in [-0.05, 0) is 38.4 Å². The minimum atomic E-state index is 0.141. The zero-order chi connectivity index (χ0) is 16.2. The average molecular weight is 331 g/mol. The zero-order valence-corrected chi connectivity index (χ0v) is 14.6. The molecule has 0 aliphatic carbocycles. The number of benzene rings is 1. The van der Waals surface area contributed by atoms with Crippen LogP contribution in [0, 0.1) is 0 Å². The molecule has 0 spiro atoms. The van der Waals surface area contributed by atoms with Crippen LogP contribution in [0.15, 0.2) is 30.3 Å². The van der Waals surface area contributed by atoms with Crippen molar-refractivity contribution in [2.45, 2.75) is 62.3 Å². The summed E-state index contributed by atoms with van der Waals surface area (Å²) in [6, 6.07) is 10.3. The highest BCUT2D eigenvalue weighted by Gasteiger charge is 2.42. The van der Waals surface area contributed by atoms with Crippen molar-refractivity contribution in [3.63, 3.8) is 0 Å². The van der Waals surface area contributed by atoms with E-state index in [9.17, 15) is 9.59 Å². The lowest BCUT2D eigenvalue weighted by Crippen LogP contribution is -2.47. The van der Waals surface area contributed by atoms with E-state index in [0.29, 0.717) is 31.3 Å². The first kappa shape index (κ1) is 16.6. The molecule has 0 N–H and O–H groups in total. The number of hydrogen-bond acceptors (Lipinski definition) is 3. The molecule has 3 nitrogen and oxygen atoms in total. The lowest BCUT2D eigenvalue weighted by Gasteiger charge is -2.38. The van der Waals surface area contributed by atoms with Gasteiger partial charge in [0, 0.05) is 35.7 Å². The maximum atomic E-state index is 12.6. The lowest BCUT2D eigenvalue weighted by atomic mass is 10.0. The summed E-state index contributed by atoms with van der Waals surface area (Å²) in [5, 5.41) is 0.719. The Morgan fingerprint density at radius 1 is 1.09 bits per heavy atom. The van der Waals surface area contributed by atoms with E-state index in [0.717, 1.165) is 36.5 Å². The predicted molar refractivity (Wildman–Crippen MR) is 94.8 cm³/mol. The number of piperidine rings is 1. The molecule has 0 saturated carbocycles. The quantitative estimate of drug-likeness (QED) is 0.741. The van der Waals surface area contributed by atoms with Crippen molar-refractivity contribution < 1.29 is 9.59 Å². The lowest BCUT2D eigenvalue weighted by molar-refractivity contribution is -0.135. The van der Waals surface area contributed by atoms with Gasteiger partial charge < -0.3 is 4.90 Å². The van der Waals surface area contributed by atoms with Gasteiger partial charge in [0.25, 0.3) is 0 Å². The Morgan fingerprint density at radius 3 is 2.35 bits per heavy atom. The summed E-state index contributed by atoms with van der Waals surface area (Å²) in [6.45, 7) is 0. The van der Waals surface area contributed by atoms with Crippen LogP contribution in [0.2, 0.25) is 0 Å². The van der Waals surface area contributed by atoms with Crippen LogP contribution >= 0.6 is 11.8 Å². The van der Waals surface area contributed by atoms with Crippen LogP contribution in [0.1, 0.15) is 55.3 Å². The Labute approximate surface area is 142 Å². The average Bonchev–Trinajstić information content (AvgIpc) is 2.85. The molecule has 3 rings (SSSR count). The molecule has 2 unspecified atom stereocenters. The maximum Gasteiger partial charge on any atom is 0.223 e. The number of nitrogens with zero attached hydrogens (tertiary/aromatic N) is 1. The normalized spacial score (nSPS) is 26.3. The molecular weight excluding hydrogens is 306 g/mol. The van der Waals surface area contributed by atoms with Crippen LogP contribution in [0.25, 0.3) is 0 Å². The van der Waals surface area contributed by atoms with E-state index in [-0.39, 0.29) is 11.7 Å². The molecule has 2 saturated heterocycles. The molecule has 2 atom stereocenters. The van der Waals surface area contributed by atoms with Gasteiger partial charge in [0.05, 0.1) is 0 Å². The number of rotatable bonds is 6. The van der Waals surface area contributed by atoms with Crippen LogP contribution < -0.4 is 0 Å². The van der Waals surface area contributed by atoms with Crippen LogP contribution in [0.3, 0.4) is 0 Å². The first-order valence-corrected chi connectivity index (χ1v) is 9.90. The molecule has 2 fully saturated rings. The van der Waals surface area contributed by atoms with Crippen molar-refractivity contribution in [3.05, 3.63) is 35.9 Å². The number of thioether (sulfide) groups is 1. The summed E-state index contributed by atoms with van der Waals surface area (Å²) in [6.07, 6.45) is 8.43. The summed E-state index contributed by atoms with van der Waals surface area (Å²) in [5.41, 5.74) is 0.751. The molecule has 0 radical (unpaired) electrons. The first-order chi connectivity index (χ1) is 11.2. The molecular formula is C19H25NO2S. The maximum absolute atomic E-state index is 12.6. The second-order valence-corrected chi connectivity index (χ2v) is 7.80. The number of carbonyl (C=O) groups is 2. The van der Waals surface area contributed by atoms with Crippen molar-refractivity contribution in [1.82, 2.24) is 4.90 Å². The van der Waals surface area contributed by atoms with Gasteiger partial charge >= 0.3 is 0 Å². The Bertz CT molecular complexity index is 546. The zero-order valence-electron chi connectivity index (χ0n) is 13.7. The van der Waals surface area contributed by atoms with E-state index in [4.69, 9.17) is 0 Å². The molecule has 0 aromatic heterocycles. The largest absolute Gasteiger partial charge is 0.337 e. The second-order valence-electron chi connectivity index (χ2n) is 6.66. The molecule has 1 amide bonds. The van der Waals surface area contributed by atoms with E-state index in [1.54, 1.807) is 0 Å². The minimum Gasteiger partial charge on any atom is -0.337 e. The number of ketones is 1. The van der Waals surface area contributed by atoms with E-state index in [1.807, 2.05) is 42.1 Å². The molecule has 124 valence electrons. The van der Waals surface area contributed by atoms with Gasteiger partial charge in [0.1, 0.15) is 0 Å². The van der Waals surface area contributed by atoms with Crippen molar-refractivity contribution in [3.8, 4) is 0 Å². The molecule has 2 heterocycles. The van der Waals surface area contributed by atoms with Crippen LogP contribution in [-0.2, 0) is 4.79 Å². The SMILES string of the molecule is CSC1CC2CCC(C1)N2C(=O)CCCC(=O)c1ccccc1. The van der Waals surface area contributed by atoms with Gasteiger partial charge in [-0.3, -0.25) is 9.59 Å². The Kier molecular flexibility index (Phi) is 5.42. The second kappa shape index (κ2) is 7.52. The molecule has 2 bridgehead atoms. The number of amides is 1. The molecule has 1 aromatic carbocycles. The first-order valence-electron chi connectivity index (χ1n) is 8.61. The molecule has 2 aliphatic rings. The number of Topliss-reactive ketones (excluding diaryl/α,β-unsaturated/α-hetero) is 1. The standard InChI is InChI=1S/C19H25NO2S/c1-23-17-12-15-10-11-16(13-17)20(15)19(22)9-5-8-18(21)14-6-3-2-4-7-14/h2-4,6-7,15-17H,5,8-13H2,1H3. The third kappa shape index (κ3) is 3.79. The third-order valence-electron chi connectivity index (χ3n) is 5.20. The van der Waals surface area contributed by atoms with Gasteiger partial charge in [-0.15, -0.1) is 0 Å². The summed E-state index contributed by atoms with van der Waals surface area (Å²) in [7, 11) is 0. The molecule has 4 heteroatoms. The van der Waals surface area contributed by atoms with Crippen molar-refractivity contribution in [2.24, 2.45) is 0 Å². The fourth-order valence-corrected chi connectivity index (χ4v) is 4.85. The highest BCUT2D eigenvalue weighted by Crippen LogP contribution is 2.39. The Balaban J connectivity index is 1.48. The number of carbonyl (C=O) groups excluding carboxylic acids is 2. The molecule has 1 aromatic rings. The summed E-state index contributed by atoms with van der Waals surface area (Å²) in [4.78, 5) is 26.8. The fraction of sp³-hybridized carbons (Fsp3) is 0.579. The molecule has 23 heavy (non-hydrogen) atoms. The Morgan fingerprint density at radius 2 is 1.74 bits per heavy atom. The highest BCUT2D eigenvalue weighted by molar-refractivity contribution is 7.99.